The molecule has 0 aliphatic rings. The molecule has 0 aliphatic carbocycles. The van der Waals surface area contributed by atoms with Crippen molar-refractivity contribution in [1.29, 1.82) is 0 Å². The Kier molecular flexibility index (Phi) is 5.53. The van der Waals surface area contributed by atoms with E-state index in [1.807, 2.05) is 0 Å². The molecular weight excluding hydrogens is 280 g/mol. The van der Waals surface area contributed by atoms with E-state index in [9.17, 15) is 19.5 Å². The van der Waals surface area contributed by atoms with E-state index in [0.29, 0.717) is 0 Å². The van der Waals surface area contributed by atoms with Crippen molar-refractivity contribution in [1.82, 2.24) is 5.32 Å². The van der Waals surface area contributed by atoms with Gasteiger partial charge in [-0.25, -0.2) is 14.4 Å². The molecule has 21 heavy (non-hydrogen) atoms. The topological polar surface area (TPSA) is 125 Å². The molecule has 0 saturated carbocycles. The molecule has 0 aromatic heterocycles. The van der Waals surface area contributed by atoms with Crippen LogP contribution in [0.25, 0.3) is 0 Å². The summed E-state index contributed by atoms with van der Waals surface area (Å²) in [5.74, 6) is -2.49. The highest BCUT2D eigenvalue weighted by atomic mass is 16.5. The minimum atomic E-state index is -1.32. The molecule has 0 radical (unpaired) electrons. The van der Waals surface area contributed by atoms with Gasteiger partial charge in [-0.2, -0.15) is 0 Å². The van der Waals surface area contributed by atoms with Gasteiger partial charge in [0, 0.05) is 0 Å². The van der Waals surface area contributed by atoms with Gasteiger partial charge in [-0.05, 0) is 26.0 Å². The van der Waals surface area contributed by atoms with Crippen molar-refractivity contribution in [2.75, 3.05) is 11.9 Å². The number of para-hydroxylation sites is 1. The molecule has 1 atom stereocenters. The number of carboxylic acids is 1. The smallest absolute Gasteiger partial charge is 0.339 e. The lowest BCUT2D eigenvalue weighted by atomic mass is 10.1. The summed E-state index contributed by atoms with van der Waals surface area (Å²) in [6.45, 7) is 3.26. The number of carbonyl (C=O) groups is 3. The Labute approximate surface area is 120 Å². The number of hydrogen-bond donors (Lipinski definition) is 4. The summed E-state index contributed by atoms with van der Waals surface area (Å²) < 4.78 is 4.72. The SMILES string of the molecule is CCOC(=O)C(C)NC(=O)Nc1cccc(C(=O)O)c1O. The molecule has 0 saturated heterocycles. The van der Waals surface area contributed by atoms with E-state index >= 15 is 0 Å². The molecule has 1 aromatic rings. The van der Waals surface area contributed by atoms with E-state index in [2.05, 4.69) is 10.6 Å². The molecule has 0 fully saturated rings. The number of carboxylic acid groups (broad SMARTS) is 1. The van der Waals surface area contributed by atoms with Crippen LogP contribution in [0.3, 0.4) is 0 Å². The maximum atomic E-state index is 11.7. The van der Waals surface area contributed by atoms with Gasteiger partial charge in [0.25, 0.3) is 0 Å². The van der Waals surface area contributed by atoms with Gasteiger partial charge < -0.3 is 25.6 Å². The van der Waals surface area contributed by atoms with Crippen LogP contribution in [0.4, 0.5) is 10.5 Å². The first kappa shape index (κ1) is 16.3. The normalized spacial score (nSPS) is 11.3. The molecule has 1 unspecified atom stereocenters. The molecule has 8 heteroatoms. The summed E-state index contributed by atoms with van der Waals surface area (Å²) >= 11 is 0. The summed E-state index contributed by atoms with van der Waals surface area (Å²) in [6.07, 6.45) is 0. The van der Waals surface area contributed by atoms with Gasteiger partial charge in [-0.3, -0.25) is 0 Å². The lowest BCUT2D eigenvalue weighted by molar-refractivity contribution is -0.144. The van der Waals surface area contributed by atoms with E-state index in [-0.39, 0.29) is 17.9 Å². The van der Waals surface area contributed by atoms with Gasteiger partial charge in [0.1, 0.15) is 11.6 Å². The largest absolute Gasteiger partial charge is 0.505 e. The second kappa shape index (κ2) is 7.13. The fraction of sp³-hybridized carbons (Fsp3) is 0.308. The van der Waals surface area contributed by atoms with Gasteiger partial charge in [-0.1, -0.05) is 6.07 Å². The Morgan fingerprint density at radius 2 is 2.00 bits per heavy atom. The molecule has 114 valence electrons. The van der Waals surface area contributed by atoms with Crippen molar-refractivity contribution in [2.45, 2.75) is 19.9 Å². The Morgan fingerprint density at radius 3 is 2.57 bits per heavy atom. The quantitative estimate of drug-likeness (QED) is 0.477. The number of aromatic hydroxyl groups is 1. The number of esters is 1. The second-order valence-electron chi connectivity index (χ2n) is 4.08. The minimum absolute atomic E-state index is 0.0801. The number of phenols is 1. The summed E-state index contributed by atoms with van der Waals surface area (Å²) in [6, 6.07) is 2.24. The Morgan fingerprint density at radius 1 is 1.33 bits per heavy atom. The minimum Gasteiger partial charge on any atom is -0.505 e. The molecule has 1 rings (SSSR count). The van der Waals surface area contributed by atoms with Gasteiger partial charge in [0.15, 0.2) is 5.75 Å². The fourth-order valence-corrected chi connectivity index (χ4v) is 1.50. The van der Waals surface area contributed by atoms with Crippen LogP contribution < -0.4 is 10.6 Å². The first-order valence-corrected chi connectivity index (χ1v) is 6.16. The van der Waals surface area contributed by atoms with Crippen molar-refractivity contribution in [2.24, 2.45) is 0 Å². The highest BCUT2D eigenvalue weighted by molar-refractivity contribution is 5.98. The number of ether oxygens (including phenoxy) is 1. The average molecular weight is 296 g/mol. The number of amides is 2. The van der Waals surface area contributed by atoms with Crippen molar-refractivity contribution in [3.8, 4) is 5.75 Å². The molecule has 0 aliphatic heterocycles. The molecular formula is C13H16N2O6. The monoisotopic (exact) mass is 296 g/mol. The Hall–Kier alpha value is -2.77. The summed E-state index contributed by atoms with van der Waals surface area (Å²) in [7, 11) is 0. The van der Waals surface area contributed by atoms with Gasteiger partial charge in [0.2, 0.25) is 0 Å². The Bertz CT molecular complexity index is 558. The zero-order valence-corrected chi connectivity index (χ0v) is 11.5. The molecule has 1 aromatic carbocycles. The van der Waals surface area contributed by atoms with Crippen molar-refractivity contribution < 1.29 is 29.3 Å². The fourth-order valence-electron chi connectivity index (χ4n) is 1.50. The van der Waals surface area contributed by atoms with Crippen LogP contribution in [0, 0.1) is 0 Å². The van der Waals surface area contributed by atoms with Crippen LogP contribution in [0.1, 0.15) is 24.2 Å². The molecule has 2 amide bonds. The third-order valence-electron chi connectivity index (χ3n) is 2.50. The van der Waals surface area contributed by atoms with E-state index in [1.165, 1.54) is 25.1 Å². The number of hydrogen-bond acceptors (Lipinski definition) is 5. The van der Waals surface area contributed by atoms with Crippen molar-refractivity contribution >= 4 is 23.7 Å². The van der Waals surface area contributed by atoms with Crippen molar-refractivity contribution in [3.05, 3.63) is 23.8 Å². The third-order valence-corrected chi connectivity index (χ3v) is 2.50. The summed E-state index contributed by atoms with van der Waals surface area (Å²) in [5.41, 5.74) is -0.422. The number of aromatic carboxylic acids is 1. The number of anilines is 1. The average Bonchev–Trinajstić information content (AvgIpc) is 2.40. The van der Waals surface area contributed by atoms with Crippen LogP contribution >= 0.6 is 0 Å². The summed E-state index contributed by atoms with van der Waals surface area (Å²) in [5, 5.41) is 23.1. The zero-order valence-electron chi connectivity index (χ0n) is 11.5. The van der Waals surface area contributed by atoms with E-state index < -0.39 is 29.8 Å². The summed E-state index contributed by atoms with van der Waals surface area (Å²) in [4.78, 5) is 33.9. The van der Waals surface area contributed by atoms with Gasteiger partial charge >= 0.3 is 18.0 Å². The van der Waals surface area contributed by atoms with E-state index in [4.69, 9.17) is 9.84 Å². The Balaban J connectivity index is 2.74. The van der Waals surface area contributed by atoms with Crippen LogP contribution in [-0.2, 0) is 9.53 Å². The predicted molar refractivity (Wildman–Crippen MR) is 73.3 cm³/mol. The lowest BCUT2D eigenvalue weighted by Crippen LogP contribution is -2.41. The van der Waals surface area contributed by atoms with E-state index in [0.717, 1.165) is 0 Å². The predicted octanol–water partition coefficient (Wildman–Crippen LogP) is 1.16. The highest BCUT2D eigenvalue weighted by Crippen LogP contribution is 2.27. The first-order chi connectivity index (χ1) is 9.86. The molecule has 8 nitrogen and oxygen atoms in total. The molecule has 4 N–H and O–H groups in total. The maximum Gasteiger partial charge on any atom is 0.339 e. The van der Waals surface area contributed by atoms with Crippen LogP contribution in [0.5, 0.6) is 5.75 Å². The van der Waals surface area contributed by atoms with Crippen LogP contribution in [0.2, 0.25) is 0 Å². The molecule has 0 heterocycles. The van der Waals surface area contributed by atoms with Crippen LogP contribution in [-0.4, -0.2) is 40.8 Å². The van der Waals surface area contributed by atoms with Gasteiger partial charge in [0.05, 0.1) is 12.3 Å². The standard InChI is InChI=1S/C13H16N2O6/c1-3-21-12(19)7(2)14-13(20)15-9-6-4-5-8(10(9)16)11(17)18/h4-7,16H,3H2,1-2H3,(H,17,18)(H2,14,15,20). The zero-order chi connectivity index (χ0) is 16.0. The second-order valence-corrected chi connectivity index (χ2v) is 4.08. The molecule has 0 bridgehead atoms. The molecule has 0 spiro atoms. The number of benzene rings is 1. The number of rotatable bonds is 5. The highest BCUT2D eigenvalue weighted by Gasteiger charge is 2.18. The lowest BCUT2D eigenvalue weighted by Gasteiger charge is -2.14. The number of urea groups is 1. The van der Waals surface area contributed by atoms with Crippen molar-refractivity contribution in [3.63, 3.8) is 0 Å². The maximum absolute atomic E-state index is 11.7. The number of nitrogens with one attached hydrogen (secondary N) is 2. The van der Waals surface area contributed by atoms with Crippen LogP contribution in [0.15, 0.2) is 18.2 Å². The van der Waals surface area contributed by atoms with Gasteiger partial charge in [-0.15, -0.1) is 0 Å². The third kappa shape index (κ3) is 4.37. The van der Waals surface area contributed by atoms with E-state index in [1.54, 1.807) is 6.92 Å². The number of carbonyl (C=O) groups excluding carboxylic acids is 2. The first-order valence-electron chi connectivity index (χ1n) is 6.16.